The quantitative estimate of drug-likeness (QED) is 0.774. The molecule has 132 valence electrons. The molecule has 25 heavy (non-hydrogen) atoms. The molecule has 0 aliphatic carbocycles. The van der Waals surface area contributed by atoms with Crippen molar-refractivity contribution in [3.05, 3.63) is 65.2 Å². The zero-order chi connectivity index (χ0) is 18.2. The molecule has 1 atom stereocenters. The fraction of sp³-hybridized carbons (Fsp3) is 0.300. The first kappa shape index (κ1) is 18.5. The predicted octanol–water partition coefficient (Wildman–Crippen LogP) is 2.93. The van der Waals surface area contributed by atoms with E-state index in [1.54, 1.807) is 25.3 Å². The van der Waals surface area contributed by atoms with E-state index in [2.05, 4.69) is 5.32 Å². The highest BCUT2D eigenvalue weighted by Gasteiger charge is 2.21. The van der Waals surface area contributed by atoms with E-state index in [0.717, 1.165) is 17.5 Å². The van der Waals surface area contributed by atoms with Crippen LogP contribution in [0.5, 0.6) is 5.75 Å². The Morgan fingerprint density at radius 2 is 1.72 bits per heavy atom. The van der Waals surface area contributed by atoms with Crippen molar-refractivity contribution < 1.29 is 19.4 Å². The highest BCUT2D eigenvalue weighted by Crippen LogP contribution is 2.21. The van der Waals surface area contributed by atoms with Gasteiger partial charge in [-0.1, -0.05) is 43.3 Å². The largest absolute Gasteiger partial charge is 0.496 e. The lowest BCUT2D eigenvalue weighted by Crippen LogP contribution is -2.34. The number of nitrogens with one attached hydrogen (secondary N) is 1. The van der Waals surface area contributed by atoms with Gasteiger partial charge in [0.2, 0.25) is 0 Å². The fourth-order valence-electron chi connectivity index (χ4n) is 2.75. The van der Waals surface area contributed by atoms with Crippen LogP contribution in [0.1, 0.15) is 28.4 Å². The van der Waals surface area contributed by atoms with Crippen LogP contribution < -0.4 is 10.1 Å². The van der Waals surface area contributed by atoms with Crippen LogP contribution in [0.4, 0.5) is 0 Å². The van der Waals surface area contributed by atoms with E-state index in [4.69, 9.17) is 4.74 Å². The van der Waals surface area contributed by atoms with Gasteiger partial charge in [-0.15, -0.1) is 0 Å². The molecular formula is C20H23NO4. The molecule has 0 aromatic heterocycles. The second kappa shape index (κ2) is 8.87. The normalized spacial score (nSPS) is 11.6. The summed E-state index contributed by atoms with van der Waals surface area (Å²) in [5.74, 6) is -1.27. The Morgan fingerprint density at radius 1 is 1.08 bits per heavy atom. The van der Waals surface area contributed by atoms with Crippen molar-refractivity contribution in [2.75, 3.05) is 13.7 Å². The highest BCUT2D eigenvalue weighted by atomic mass is 16.5. The van der Waals surface area contributed by atoms with E-state index in [0.29, 0.717) is 11.3 Å². The number of benzene rings is 2. The Balaban J connectivity index is 2.07. The average Bonchev–Trinajstić information content (AvgIpc) is 2.64. The van der Waals surface area contributed by atoms with Crippen molar-refractivity contribution in [2.24, 2.45) is 5.92 Å². The first-order valence-electron chi connectivity index (χ1n) is 8.27. The minimum atomic E-state index is -0.949. The molecule has 2 N–H and O–H groups in total. The molecule has 0 bridgehead atoms. The van der Waals surface area contributed by atoms with Gasteiger partial charge in [0.15, 0.2) is 0 Å². The third kappa shape index (κ3) is 4.83. The number of aryl methyl sites for hydroxylation is 1. The van der Waals surface area contributed by atoms with Gasteiger partial charge in [-0.25, -0.2) is 0 Å². The van der Waals surface area contributed by atoms with Gasteiger partial charge in [0, 0.05) is 12.1 Å². The number of carboxylic acids is 1. The van der Waals surface area contributed by atoms with Crippen LogP contribution in [-0.2, 0) is 17.6 Å². The van der Waals surface area contributed by atoms with Crippen LogP contribution >= 0.6 is 0 Å². The summed E-state index contributed by atoms with van der Waals surface area (Å²) in [4.78, 5) is 24.0. The molecule has 2 aromatic rings. The van der Waals surface area contributed by atoms with E-state index in [9.17, 15) is 14.7 Å². The maximum Gasteiger partial charge on any atom is 0.308 e. The number of hydrogen-bond acceptors (Lipinski definition) is 3. The summed E-state index contributed by atoms with van der Waals surface area (Å²) in [6, 6.07) is 14.7. The maximum atomic E-state index is 12.4. The predicted molar refractivity (Wildman–Crippen MR) is 96.0 cm³/mol. The molecule has 5 nitrogen and oxygen atoms in total. The van der Waals surface area contributed by atoms with Crippen molar-refractivity contribution in [2.45, 2.75) is 19.8 Å². The number of hydrogen-bond donors (Lipinski definition) is 2. The SMILES string of the molecule is CCc1ccccc1C(=O)NCC(Cc1ccccc1OC)C(=O)O. The lowest BCUT2D eigenvalue weighted by molar-refractivity contribution is -0.141. The summed E-state index contributed by atoms with van der Waals surface area (Å²) in [6.45, 7) is 2.04. The Morgan fingerprint density at radius 3 is 2.36 bits per heavy atom. The van der Waals surface area contributed by atoms with E-state index in [1.807, 2.05) is 37.3 Å². The molecule has 1 amide bonds. The molecule has 0 spiro atoms. The second-order valence-corrected chi connectivity index (χ2v) is 5.77. The van der Waals surface area contributed by atoms with E-state index in [1.165, 1.54) is 0 Å². The molecular weight excluding hydrogens is 318 g/mol. The van der Waals surface area contributed by atoms with Crippen LogP contribution in [-0.4, -0.2) is 30.6 Å². The Bertz CT molecular complexity index is 742. The second-order valence-electron chi connectivity index (χ2n) is 5.77. The molecule has 0 aliphatic rings. The fourth-order valence-corrected chi connectivity index (χ4v) is 2.75. The average molecular weight is 341 g/mol. The van der Waals surface area contributed by atoms with Crippen LogP contribution in [0.25, 0.3) is 0 Å². The number of methoxy groups -OCH3 is 1. The highest BCUT2D eigenvalue weighted by molar-refractivity contribution is 5.95. The van der Waals surface area contributed by atoms with Gasteiger partial charge in [-0.2, -0.15) is 0 Å². The summed E-state index contributed by atoms with van der Waals surface area (Å²) in [5, 5.41) is 12.2. The number of aliphatic carboxylic acids is 1. The summed E-state index contributed by atoms with van der Waals surface area (Å²) in [7, 11) is 1.55. The Labute approximate surface area is 147 Å². The monoisotopic (exact) mass is 341 g/mol. The topological polar surface area (TPSA) is 75.6 Å². The van der Waals surface area contributed by atoms with Crippen molar-refractivity contribution in [1.82, 2.24) is 5.32 Å². The summed E-state index contributed by atoms with van der Waals surface area (Å²) >= 11 is 0. The number of rotatable bonds is 8. The van der Waals surface area contributed by atoms with Gasteiger partial charge in [0.1, 0.15) is 5.75 Å². The Hall–Kier alpha value is -2.82. The van der Waals surface area contributed by atoms with Crippen molar-refractivity contribution in [1.29, 1.82) is 0 Å². The van der Waals surface area contributed by atoms with Gasteiger partial charge < -0.3 is 15.2 Å². The third-order valence-corrected chi connectivity index (χ3v) is 4.16. The first-order chi connectivity index (χ1) is 12.1. The van der Waals surface area contributed by atoms with Crippen LogP contribution in [0.2, 0.25) is 0 Å². The van der Waals surface area contributed by atoms with Crippen molar-refractivity contribution >= 4 is 11.9 Å². The van der Waals surface area contributed by atoms with Gasteiger partial charge in [0.05, 0.1) is 13.0 Å². The van der Waals surface area contributed by atoms with Crippen molar-refractivity contribution in [3.8, 4) is 5.75 Å². The lowest BCUT2D eigenvalue weighted by Gasteiger charge is -2.16. The summed E-state index contributed by atoms with van der Waals surface area (Å²) in [6.07, 6.45) is 1.03. The van der Waals surface area contributed by atoms with Gasteiger partial charge in [-0.05, 0) is 36.1 Å². The molecule has 0 aliphatic heterocycles. The zero-order valence-electron chi connectivity index (χ0n) is 14.5. The lowest BCUT2D eigenvalue weighted by atomic mass is 9.98. The number of carbonyl (C=O) groups excluding carboxylic acids is 1. The van der Waals surface area contributed by atoms with Gasteiger partial charge in [-0.3, -0.25) is 9.59 Å². The van der Waals surface area contributed by atoms with E-state index in [-0.39, 0.29) is 18.9 Å². The number of carbonyl (C=O) groups is 2. The number of amides is 1. The number of ether oxygens (including phenoxy) is 1. The molecule has 0 heterocycles. The van der Waals surface area contributed by atoms with Gasteiger partial charge in [0.25, 0.3) is 5.91 Å². The summed E-state index contributed by atoms with van der Waals surface area (Å²) in [5.41, 5.74) is 2.34. The zero-order valence-corrected chi connectivity index (χ0v) is 14.5. The molecule has 0 saturated carbocycles. The molecule has 0 fully saturated rings. The van der Waals surface area contributed by atoms with E-state index < -0.39 is 11.9 Å². The maximum absolute atomic E-state index is 12.4. The Kier molecular flexibility index (Phi) is 6.57. The smallest absolute Gasteiger partial charge is 0.308 e. The van der Waals surface area contributed by atoms with Crippen LogP contribution in [0, 0.1) is 5.92 Å². The van der Waals surface area contributed by atoms with E-state index >= 15 is 0 Å². The van der Waals surface area contributed by atoms with Crippen LogP contribution in [0.3, 0.4) is 0 Å². The summed E-state index contributed by atoms with van der Waals surface area (Å²) < 4.78 is 5.27. The minimum absolute atomic E-state index is 0.0598. The molecule has 2 aromatic carbocycles. The number of carboxylic acid groups (broad SMARTS) is 1. The third-order valence-electron chi connectivity index (χ3n) is 4.16. The van der Waals surface area contributed by atoms with Crippen molar-refractivity contribution in [3.63, 3.8) is 0 Å². The molecule has 2 rings (SSSR count). The van der Waals surface area contributed by atoms with Crippen LogP contribution in [0.15, 0.2) is 48.5 Å². The number of para-hydroxylation sites is 1. The molecule has 1 unspecified atom stereocenters. The van der Waals surface area contributed by atoms with Gasteiger partial charge >= 0.3 is 5.97 Å². The molecule has 5 heteroatoms. The first-order valence-corrected chi connectivity index (χ1v) is 8.27. The minimum Gasteiger partial charge on any atom is -0.496 e. The molecule has 0 radical (unpaired) electrons. The standard InChI is InChI=1S/C20H23NO4/c1-3-14-8-4-6-10-17(14)19(22)21-13-16(20(23)24)12-15-9-5-7-11-18(15)25-2/h4-11,16H,3,12-13H2,1-2H3,(H,21,22)(H,23,24). The molecule has 0 saturated heterocycles.